The third kappa shape index (κ3) is 3.97. The monoisotopic (exact) mass is 372 g/mol. The van der Waals surface area contributed by atoms with Crippen LogP contribution in [0.4, 0.5) is 18.9 Å². The number of carbonyl (C=O) groups is 3. The van der Waals surface area contributed by atoms with Gasteiger partial charge in [-0.05, 0) is 25.1 Å². The van der Waals surface area contributed by atoms with E-state index in [1.54, 1.807) is 11.8 Å². The van der Waals surface area contributed by atoms with Gasteiger partial charge in [-0.3, -0.25) is 4.79 Å². The molecule has 0 aromatic heterocycles. The van der Waals surface area contributed by atoms with Gasteiger partial charge < -0.3 is 19.3 Å². The van der Waals surface area contributed by atoms with Crippen molar-refractivity contribution < 1.29 is 32.3 Å². The highest BCUT2D eigenvalue weighted by atomic mass is 19.4. The molecule has 1 saturated heterocycles. The van der Waals surface area contributed by atoms with E-state index in [2.05, 4.69) is 4.74 Å². The molecule has 2 unspecified atom stereocenters. The highest BCUT2D eigenvalue weighted by Gasteiger charge is 2.39. The van der Waals surface area contributed by atoms with Crippen LogP contribution < -0.4 is 4.90 Å². The molecule has 142 valence electrons. The zero-order chi connectivity index (χ0) is 19.5. The summed E-state index contributed by atoms with van der Waals surface area (Å²) in [5.41, 5.74) is -0.532. The van der Waals surface area contributed by atoms with Crippen molar-refractivity contribution in [1.82, 2.24) is 4.90 Å². The average Bonchev–Trinajstić information content (AvgIpc) is 2.61. The summed E-state index contributed by atoms with van der Waals surface area (Å²) in [5, 5.41) is 0. The van der Waals surface area contributed by atoms with Crippen molar-refractivity contribution in [2.45, 2.75) is 31.6 Å². The molecule has 1 aromatic carbocycles. The number of carbonyl (C=O) groups excluding carboxylic acids is 3. The van der Waals surface area contributed by atoms with Crippen LogP contribution in [0, 0.1) is 0 Å². The minimum Gasteiger partial charge on any atom is -0.467 e. The summed E-state index contributed by atoms with van der Waals surface area (Å²) in [5.74, 6) is -1.16. The number of piperazine rings is 1. The molecule has 9 heteroatoms. The van der Waals surface area contributed by atoms with Gasteiger partial charge in [0, 0.05) is 25.2 Å². The SMILES string of the molecule is COC(=O)C(CC=O)N1CCN(c2cccc(C(F)(F)F)c2)C(C)C1=O. The first-order valence-electron chi connectivity index (χ1n) is 7.96. The number of rotatable bonds is 5. The number of anilines is 1. The summed E-state index contributed by atoms with van der Waals surface area (Å²) < 4.78 is 43.4. The molecule has 0 aliphatic carbocycles. The molecule has 1 amide bonds. The van der Waals surface area contributed by atoms with E-state index in [1.807, 2.05) is 0 Å². The normalized spacial score (nSPS) is 19.3. The van der Waals surface area contributed by atoms with Crippen molar-refractivity contribution in [3.8, 4) is 0 Å². The Morgan fingerprint density at radius 3 is 2.65 bits per heavy atom. The van der Waals surface area contributed by atoms with Crippen LogP contribution >= 0.6 is 0 Å². The Balaban J connectivity index is 2.24. The van der Waals surface area contributed by atoms with Crippen LogP contribution in [0.5, 0.6) is 0 Å². The van der Waals surface area contributed by atoms with E-state index in [9.17, 15) is 27.6 Å². The summed E-state index contributed by atoms with van der Waals surface area (Å²) in [6.07, 6.45) is -4.15. The summed E-state index contributed by atoms with van der Waals surface area (Å²) >= 11 is 0. The van der Waals surface area contributed by atoms with E-state index >= 15 is 0 Å². The molecule has 2 rings (SSSR count). The summed E-state index contributed by atoms with van der Waals surface area (Å²) in [4.78, 5) is 38.1. The number of nitrogens with zero attached hydrogens (tertiary/aromatic N) is 2. The molecule has 1 aliphatic rings. The number of alkyl halides is 3. The van der Waals surface area contributed by atoms with Gasteiger partial charge in [0.1, 0.15) is 18.4 Å². The van der Waals surface area contributed by atoms with E-state index in [0.29, 0.717) is 6.29 Å². The molecule has 6 nitrogen and oxygen atoms in total. The first-order valence-corrected chi connectivity index (χ1v) is 7.96. The number of halogens is 3. The molecule has 26 heavy (non-hydrogen) atoms. The van der Waals surface area contributed by atoms with Crippen molar-refractivity contribution >= 4 is 23.9 Å². The first kappa shape index (κ1) is 19.7. The quantitative estimate of drug-likeness (QED) is 0.583. The second kappa shape index (κ2) is 7.76. The van der Waals surface area contributed by atoms with Gasteiger partial charge >= 0.3 is 12.1 Å². The van der Waals surface area contributed by atoms with Crippen LogP contribution in [-0.4, -0.2) is 55.3 Å². The van der Waals surface area contributed by atoms with Crippen molar-refractivity contribution in [2.24, 2.45) is 0 Å². The number of benzene rings is 1. The van der Waals surface area contributed by atoms with Crippen LogP contribution in [0.1, 0.15) is 18.9 Å². The maximum Gasteiger partial charge on any atom is 0.416 e. The lowest BCUT2D eigenvalue weighted by Crippen LogP contribution is -2.60. The van der Waals surface area contributed by atoms with Gasteiger partial charge in [0.25, 0.3) is 0 Å². The number of hydrogen-bond acceptors (Lipinski definition) is 5. The van der Waals surface area contributed by atoms with Crippen LogP contribution in [0.3, 0.4) is 0 Å². The van der Waals surface area contributed by atoms with Crippen LogP contribution in [0.15, 0.2) is 24.3 Å². The molecular weight excluding hydrogens is 353 g/mol. The number of hydrogen-bond donors (Lipinski definition) is 0. The lowest BCUT2D eigenvalue weighted by atomic mass is 10.1. The van der Waals surface area contributed by atoms with Gasteiger partial charge in [0.2, 0.25) is 5.91 Å². The van der Waals surface area contributed by atoms with Crippen LogP contribution in [0.2, 0.25) is 0 Å². The van der Waals surface area contributed by atoms with Crippen molar-refractivity contribution in [3.63, 3.8) is 0 Å². The van der Waals surface area contributed by atoms with E-state index in [-0.39, 0.29) is 25.2 Å². The number of aldehydes is 1. The fourth-order valence-electron chi connectivity index (χ4n) is 2.99. The van der Waals surface area contributed by atoms with Gasteiger partial charge in [-0.25, -0.2) is 4.79 Å². The minimum atomic E-state index is -4.48. The molecule has 0 saturated carbocycles. The molecule has 0 N–H and O–H groups in total. The summed E-state index contributed by atoms with van der Waals surface area (Å²) in [6, 6.07) is 2.91. The second-order valence-electron chi connectivity index (χ2n) is 5.89. The fourth-order valence-corrected chi connectivity index (χ4v) is 2.99. The van der Waals surface area contributed by atoms with Crippen molar-refractivity contribution in [2.75, 3.05) is 25.1 Å². The average molecular weight is 372 g/mol. The topological polar surface area (TPSA) is 66.9 Å². The zero-order valence-corrected chi connectivity index (χ0v) is 14.3. The Morgan fingerprint density at radius 2 is 2.08 bits per heavy atom. The van der Waals surface area contributed by atoms with Crippen LogP contribution in [-0.2, 0) is 25.3 Å². The highest BCUT2D eigenvalue weighted by molar-refractivity contribution is 5.91. The summed E-state index contributed by atoms with van der Waals surface area (Å²) in [6.45, 7) is 1.86. The molecular formula is C17H19F3N2O4. The lowest BCUT2D eigenvalue weighted by Gasteiger charge is -2.42. The Kier molecular flexibility index (Phi) is 5.89. The second-order valence-corrected chi connectivity index (χ2v) is 5.89. The molecule has 0 spiro atoms. The first-order chi connectivity index (χ1) is 12.2. The maximum atomic E-state index is 12.9. The molecule has 1 heterocycles. The highest BCUT2D eigenvalue weighted by Crippen LogP contribution is 2.33. The number of methoxy groups -OCH3 is 1. The largest absolute Gasteiger partial charge is 0.467 e. The number of esters is 1. The molecule has 1 aromatic rings. The van der Waals surface area contributed by atoms with Gasteiger partial charge in [-0.15, -0.1) is 0 Å². The predicted octanol–water partition coefficient (Wildman–Crippen LogP) is 1.87. The lowest BCUT2D eigenvalue weighted by molar-refractivity contribution is -0.154. The zero-order valence-electron chi connectivity index (χ0n) is 14.3. The smallest absolute Gasteiger partial charge is 0.416 e. The maximum absolute atomic E-state index is 12.9. The predicted molar refractivity (Wildman–Crippen MR) is 86.5 cm³/mol. The van der Waals surface area contributed by atoms with Gasteiger partial charge in [0.05, 0.1) is 12.7 Å². The van der Waals surface area contributed by atoms with Gasteiger partial charge in [0.15, 0.2) is 0 Å². The number of ether oxygens (including phenoxy) is 1. The van der Waals surface area contributed by atoms with Crippen molar-refractivity contribution in [3.05, 3.63) is 29.8 Å². The number of amides is 1. The van der Waals surface area contributed by atoms with E-state index < -0.39 is 35.7 Å². The Labute approximate surface area is 148 Å². The third-order valence-corrected chi connectivity index (χ3v) is 4.36. The molecule has 2 atom stereocenters. The third-order valence-electron chi connectivity index (χ3n) is 4.36. The molecule has 0 radical (unpaired) electrons. The molecule has 1 fully saturated rings. The van der Waals surface area contributed by atoms with E-state index in [1.165, 1.54) is 17.0 Å². The molecule has 0 bridgehead atoms. The van der Waals surface area contributed by atoms with E-state index in [4.69, 9.17) is 0 Å². The Morgan fingerprint density at radius 1 is 1.38 bits per heavy atom. The fraction of sp³-hybridized carbons (Fsp3) is 0.471. The molecule has 1 aliphatic heterocycles. The Hall–Kier alpha value is -2.58. The summed E-state index contributed by atoms with van der Waals surface area (Å²) in [7, 11) is 1.16. The van der Waals surface area contributed by atoms with Crippen molar-refractivity contribution in [1.29, 1.82) is 0 Å². The van der Waals surface area contributed by atoms with Crippen LogP contribution in [0.25, 0.3) is 0 Å². The minimum absolute atomic E-state index is 0.0903. The standard InChI is InChI=1S/C17H19F3N2O4/c1-11-15(24)22(14(6-9-23)16(25)26-2)8-7-21(11)13-5-3-4-12(10-13)17(18,19)20/h3-5,9-11,14H,6-8H2,1-2H3. The van der Waals surface area contributed by atoms with Gasteiger partial charge in [-0.2, -0.15) is 13.2 Å². The Bertz CT molecular complexity index is 693. The van der Waals surface area contributed by atoms with E-state index in [0.717, 1.165) is 19.2 Å². The van der Waals surface area contributed by atoms with Gasteiger partial charge in [-0.1, -0.05) is 6.07 Å².